The number of esters is 3. The molecule has 0 aliphatic carbocycles. The Hall–Kier alpha value is -2.11. The van der Waals surface area contributed by atoms with Crippen LogP contribution in [0.2, 0.25) is 0 Å². The second kappa shape index (κ2) is 69.4. The number of hydrogen-bond acceptors (Lipinski definition) is 6. The van der Waals surface area contributed by atoms with Gasteiger partial charge in [-0.15, -0.1) is 0 Å². The highest BCUT2D eigenvalue weighted by Gasteiger charge is 2.19. The summed E-state index contributed by atoms with van der Waals surface area (Å²) in [5.41, 5.74) is 0. The molecular formula is C74H140O6. The Morgan fingerprint density at radius 1 is 0.250 bits per heavy atom. The van der Waals surface area contributed by atoms with Gasteiger partial charge in [0.25, 0.3) is 0 Å². The molecule has 0 rings (SSSR count). The minimum atomic E-state index is -0.771. The topological polar surface area (TPSA) is 78.9 Å². The van der Waals surface area contributed by atoms with Crippen molar-refractivity contribution in [1.29, 1.82) is 0 Å². The Labute approximate surface area is 500 Å². The van der Waals surface area contributed by atoms with Gasteiger partial charge in [0.05, 0.1) is 0 Å². The molecule has 0 radical (unpaired) electrons. The highest BCUT2D eigenvalue weighted by atomic mass is 16.6. The first-order chi connectivity index (χ1) is 39.5. The summed E-state index contributed by atoms with van der Waals surface area (Å²) >= 11 is 0. The minimum absolute atomic E-state index is 0.0662. The average Bonchev–Trinajstić information content (AvgIpc) is 3.46. The fraction of sp³-hybridized carbons (Fsp3) is 0.905. The predicted molar refractivity (Wildman–Crippen MR) is 349 cm³/mol. The molecule has 1 unspecified atom stereocenters. The van der Waals surface area contributed by atoms with Gasteiger partial charge in [0.1, 0.15) is 13.2 Å². The van der Waals surface area contributed by atoms with Gasteiger partial charge in [-0.05, 0) is 51.4 Å². The van der Waals surface area contributed by atoms with E-state index in [0.29, 0.717) is 19.3 Å². The second-order valence-corrected chi connectivity index (χ2v) is 24.9. The van der Waals surface area contributed by atoms with E-state index in [9.17, 15) is 14.4 Å². The van der Waals surface area contributed by atoms with Crippen molar-refractivity contribution in [2.45, 2.75) is 419 Å². The van der Waals surface area contributed by atoms with Gasteiger partial charge in [-0.3, -0.25) is 14.4 Å². The maximum atomic E-state index is 13.0. The third-order valence-electron chi connectivity index (χ3n) is 16.7. The van der Waals surface area contributed by atoms with Crippen molar-refractivity contribution in [2.24, 2.45) is 0 Å². The molecule has 0 heterocycles. The van der Waals surface area contributed by atoms with Gasteiger partial charge in [-0.2, -0.15) is 0 Å². The standard InChI is InChI=1S/C74H140O6/c1-4-7-10-13-16-19-22-25-28-31-33-35-36-37-38-40-41-43-46-49-52-55-58-61-64-67-73(76)79-70-71(69-78-72(75)66-63-60-57-54-51-48-45-30-27-24-21-18-15-12-9-6-3)80-74(77)68-65-62-59-56-53-50-47-44-42-39-34-32-29-26-23-20-17-14-11-8-5-2/h23,26,32,34,71H,4-22,24-25,27-31,33,35-70H2,1-3H3/b26-23-,34-32-. The molecule has 0 fully saturated rings. The first-order valence-corrected chi connectivity index (χ1v) is 36.3. The van der Waals surface area contributed by atoms with Crippen molar-refractivity contribution in [1.82, 2.24) is 0 Å². The van der Waals surface area contributed by atoms with E-state index in [4.69, 9.17) is 14.2 Å². The average molecular weight is 1130 g/mol. The summed E-state index contributed by atoms with van der Waals surface area (Å²) < 4.78 is 17.0. The summed E-state index contributed by atoms with van der Waals surface area (Å²) in [5.74, 6) is -0.835. The lowest BCUT2D eigenvalue weighted by Gasteiger charge is -2.18. The molecule has 0 N–H and O–H groups in total. The molecule has 0 aliphatic heterocycles. The zero-order valence-electron chi connectivity index (χ0n) is 54.4. The molecule has 0 aromatic carbocycles. The van der Waals surface area contributed by atoms with E-state index in [1.165, 1.54) is 308 Å². The van der Waals surface area contributed by atoms with Crippen LogP contribution in [-0.4, -0.2) is 37.2 Å². The van der Waals surface area contributed by atoms with E-state index in [0.717, 1.165) is 64.2 Å². The number of unbranched alkanes of at least 4 members (excludes halogenated alkanes) is 53. The molecule has 80 heavy (non-hydrogen) atoms. The van der Waals surface area contributed by atoms with Crippen molar-refractivity contribution in [2.75, 3.05) is 13.2 Å². The van der Waals surface area contributed by atoms with E-state index in [-0.39, 0.29) is 31.1 Å². The first-order valence-electron chi connectivity index (χ1n) is 36.3. The van der Waals surface area contributed by atoms with Gasteiger partial charge < -0.3 is 14.2 Å². The van der Waals surface area contributed by atoms with Crippen LogP contribution in [0.1, 0.15) is 412 Å². The van der Waals surface area contributed by atoms with Crippen LogP contribution in [-0.2, 0) is 28.6 Å². The van der Waals surface area contributed by atoms with Gasteiger partial charge in [0.15, 0.2) is 6.10 Å². The number of ether oxygens (including phenoxy) is 3. The molecule has 0 aromatic heterocycles. The lowest BCUT2D eigenvalue weighted by Crippen LogP contribution is -2.30. The Bertz CT molecular complexity index is 1290. The number of rotatable bonds is 68. The second-order valence-electron chi connectivity index (χ2n) is 24.9. The van der Waals surface area contributed by atoms with Gasteiger partial charge in [0, 0.05) is 19.3 Å². The van der Waals surface area contributed by atoms with Crippen LogP contribution in [0.4, 0.5) is 0 Å². The molecule has 0 amide bonds. The Morgan fingerprint density at radius 2 is 0.450 bits per heavy atom. The summed E-state index contributed by atoms with van der Waals surface area (Å²) in [4.78, 5) is 38.5. The SMILES string of the molecule is CCCCCCC/C=C\C/C=C\CCCCCCCCCCCC(=O)OC(COC(=O)CCCCCCCCCCCCCCCCCC)COC(=O)CCCCCCCCCCCCCCCCCCCCCCCCCCC. The van der Waals surface area contributed by atoms with E-state index in [1.807, 2.05) is 0 Å². The summed E-state index contributed by atoms with van der Waals surface area (Å²) in [7, 11) is 0. The zero-order chi connectivity index (χ0) is 57.8. The Balaban J connectivity index is 4.26. The molecule has 6 nitrogen and oxygen atoms in total. The van der Waals surface area contributed by atoms with Gasteiger partial charge in [-0.1, -0.05) is 366 Å². The fourth-order valence-corrected chi connectivity index (χ4v) is 11.2. The number of hydrogen-bond donors (Lipinski definition) is 0. The normalized spacial score (nSPS) is 12.1. The molecule has 0 aliphatic rings. The third-order valence-corrected chi connectivity index (χ3v) is 16.7. The highest BCUT2D eigenvalue weighted by Crippen LogP contribution is 2.19. The van der Waals surface area contributed by atoms with E-state index < -0.39 is 6.10 Å². The van der Waals surface area contributed by atoms with Crippen LogP contribution >= 0.6 is 0 Å². The van der Waals surface area contributed by atoms with Gasteiger partial charge in [0.2, 0.25) is 0 Å². The molecule has 1 atom stereocenters. The monoisotopic (exact) mass is 1130 g/mol. The van der Waals surface area contributed by atoms with Crippen LogP contribution in [0.3, 0.4) is 0 Å². The molecule has 0 aromatic rings. The predicted octanol–water partition coefficient (Wildman–Crippen LogP) is 25.0. The lowest BCUT2D eigenvalue weighted by atomic mass is 10.0. The van der Waals surface area contributed by atoms with Crippen LogP contribution in [0.5, 0.6) is 0 Å². The number of allylic oxidation sites excluding steroid dienone is 4. The summed E-state index contributed by atoms with van der Waals surface area (Å²) in [5, 5.41) is 0. The van der Waals surface area contributed by atoms with Crippen molar-refractivity contribution in [3.63, 3.8) is 0 Å². The Kier molecular flexibility index (Phi) is 67.6. The molecular weight excluding hydrogens is 985 g/mol. The quantitative estimate of drug-likeness (QED) is 0.0261. The maximum Gasteiger partial charge on any atom is 0.306 e. The largest absolute Gasteiger partial charge is 0.462 e. The van der Waals surface area contributed by atoms with E-state index >= 15 is 0 Å². The van der Waals surface area contributed by atoms with Gasteiger partial charge >= 0.3 is 17.9 Å². The summed E-state index contributed by atoms with van der Waals surface area (Å²) in [6.45, 7) is 6.72. The molecule has 0 spiro atoms. The summed E-state index contributed by atoms with van der Waals surface area (Å²) in [6.07, 6.45) is 84.9. The molecule has 472 valence electrons. The number of carbonyl (C=O) groups is 3. The van der Waals surface area contributed by atoms with Crippen molar-refractivity contribution >= 4 is 17.9 Å². The fourth-order valence-electron chi connectivity index (χ4n) is 11.2. The van der Waals surface area contributed by atoms with Crippen LogP contribution in [0.15, 0.2) is 24.3 Å². The molecule has 6 heteroatoms. The first kappa shape index (κ1) is 77.9. The van der Waals surface area contributed by atoms with Crippen molar-refractivity contribution in [3.05, 3.63) is 24.3 Å². The smallest absolute Gasteiger partial charge is 0.306 e. The molecule has 0 saturated carbocycles. The minimum Gasteiger partial charge on any atom is -0.462 e. The summed E-state index contributed by atoms with van der Waals surface area (Å²) in [6, 6.07) is 0. The molecule has 0 saturated heterocycles. The van der Waals surface area contributed by atoms with E-state index in [2.05, 4.69) is 45.1 Å². The van der Waals surface area contributed by atoms with Crippen molar-refractivity contribution in [3.8, 4) is 0 Å². The maximum absolute atomic E-state index is 13.0. The number of carbonyl (C=O) groups excluding carboxylic acids is 3. The van der Waals surface area contributed by atoms with Gasteiger partial charge in [-0.25, -0.2) is 0 Å². The van der Waals surface area contributed by atoms with Crippen LogP contribution < -0.4 is 0 Å². The highest BCUT2D eigenvalue weighted by molar-refractivity contribution is 5.71. The zero-order valence-corrected chi connectivity index (χ0v) is 54.4. The lowest BCUT2D eigenvalue weighted by molar-refractivity contribution is -0.167. The Morgan fingerprint density at radius 3 is 0.688 bits per heavy atom. The van der Waals surface area contributed by atoms with E-state index in [1.54, 1.807) is 0 Å². The third kappa shape index (κ3) is 66.7. The van der Waals surface area contributed by atoms with Crippen LogP contribution in [0, 0.1) is 0 Å². The molecule has 0 bridgehead atoms. The van der Waals surface area contributed by atoms with Crippen molar-refractivity contribution < 1.29 is 28.6 Å². The van der Waals surface area contributed by atoms with Crippen LogP contribution in [0.25, 0.3) is 0 Å².